The van der Waals surface area contributed by atoms with Crippen LogP contribution in [-0.4, -0.2) is 45.6 Å². The first-order valence-electron chi connectivity index (χ1n) is 5.30. The fourth-order valence-corrected chi connectivity index (χ4v) is 1.44. The van der Waals surface area contributed by atoms with Crippen LogP contribution in [0.4, 0.5) is 20.4 Å². The predicted molar refractivity (Wildman–Crippen MR) is 63.1 cm³/mol. The van der Waals surface area contributed by atoms with Crippen molar-refractivity contribution in [1.29, 1.82) is 0 Å². The highest BCUT2D eigenvalue weighted by molar-refractivity contribution is 5.65. The van der Waals surface area contributed by atoms with Crippen LogP contribution in [0.25, 0.3) is 5.65 Å². The van der Waals surface area contributed by atoms with Gasteiger partial charge in [0.2, 0.25) is 0 Å². The number of hydrogen-bond acceptors (Lipinski definition) is 5. The number of alkyl halides is 2. The Morgan fingerprint density at radius 1 is 1.50 bits per heavy atom. The van der Waals surface area contributed by atoms with E-state index in [0.29, 0.717) is 11.5 Å². The van der Waals surface area contributed by atoms with Gasteiger partial charge < -0.3 is 20.1 Å². The van der Waals surface area contributed by atoms with Crippen molar-refractivity contribution in [2.75, 3.05) is 30.8 Å². The summed E-state index contributed by atoms with van der Waals surface area (Å²) in [5.74, 6) is -2.43. The zero-order valence-electron chi connectivity index (χ0n) is 9.69. The molecule has 98 valence electrons. The van der Waals surface area contributed by atoms with Gasteiger partial charge in [-0.15, -0.1) is 0 Å². The van der Waals surface area contributed by atoms with E-state index < -0.39 is 19.1 Å². The molecule has 18 heavy (non-hydrogen) atoms. The number of nitrogens with one attached hydrogen (secondary N) is 2. The van der Waals surface area contributed by atoms with E-state index in [1.165, 1.54) is 0 Å². The summed E-state index contributed by atoms with van der Waals surface area (Å²) in [6.45, 7) is -1.91. The molecule has 0 aliphatic carbocycles. The zero-order valence-corrected chi connectivity index (χ0v) is 9.69. The molecule has 0 saturated heterocycles. The molecular formula is C10H13F2N5O. The average Bonchev–Trinajstić information content (AvgIpc) is 2.84. The number of nitrogens with zero attached hydrogens (tertiary/aromatic N) is 3. The molecule has 2 heterocycles. The molecule has 0 aliphatic heterocycles. The molecule has 0 fully saturated rings. The van der Waals surface area contributed by atoms with Crippen LogP contribution >= 0.6 is 0 Å². The van der Waals surface area contributed by atoms with Gasteiger partial charge in [0.1, 0.15) is 12.4 Å². The molecule has 6 nitrogen and oxygen atoms in total. The maximum absolute atomic E-state index is 13.0. The largest absolute Gasteiger partial charge is 0.390 e. The van der Waals surface area contributed by atoms with E-state index in [4.69, 9.17) is 5.11 Å². The smallest absolute Gasteiger partial charge is 0.287 e. The lowest BCUT2D eigenvalue weighted by Crippen LogP contribution is -2.31. The van der Waals surface area contributed by atoms with Gasteiger partial charge in [-0.3, -0.25) is 0 Å². The molecule has 2 aromatic heterocycles. The maximum atomic E-state index is 13.0. The predicted octanol–water partition coefficient (Wildman–Crippen LogP) is 0.810. The molecule has 0 spiro atoms. The van der Waals surface area contributed by atoms with Gasteiger partial charge in [0, 0.05) is 19.4 Å². The minimum absolute atomic E-state index is 0.236. The highest BCUT2D eigenvalue weighted by Gasteiger charge is 2.27. The van der Waals surface area contributed by atoms with Crippen molar-refractivity contribution in [1.82, 2.24) is 14.4 Å². The maximum Gasteiger partial charge on any atom is 0.287 e. The van der Waals surface area contributed by atoms with Crippen molar-refractivity contribution in [3.63, 3.8) is 0 Å². The van der Waals surface area contributed by atoms with E-state index in [1.54, 1.807) is 30.0 Å². The normalized spacial score (nSPS) is 11.8. The highest BCUT2D eigenvalue weighted by atomic mass is 19.3. The summed E-state index contributed by atoms with van der Waals surface area (Å²) in [5.41, 5.74) is 0.447. The molecule has 0 aromatic carbocycles. The third-order valence-electron chi connectivity index (χ3n) is 2.38. The lowest BCUT2D eigenvalue weighted by molar-refractivity contribution is -0.0373. The van der Waals surface area contributed by atoms with Crippen molar-refractivity contribution in [2.45, 2.75) is 5.92 Å². The Hall–Kier alpha value is -1.96. The molecule has 3 N–H and O–H groups in total. The molecule has 0 amide bonds. The number of aromatic nitrogens is 3. The van der Waals surface area contributed by atoms with E-state index in [9.17, 15) is 8.78 Å². The number of rotatable bonds is 5. The summed E-state index contributed by atoms with van der Waals surface area (Å²) < 4.78 is 27.6. The first-order valence-corrected chi connectivity index (χ1v) is 5.30. The molecular weight excluding hydrogens is 244 g/mol. The second kappa shape index (κ2) is 4.73. The molecule has 0 aliphatic rings. The van der Waals surface area contributed by atoms with Gasteiger partial charge in [0.15, 0.2) is 11.5 Å². The van der Waals surface area contributed by atoms with Crippen LogP contribution < -0.4 is 10.6 Å². The quantitative estimate of drug-likeness (QED) is 0.739. The lowest BCUT2D eigenvalue weighted by atomic mass is 10.3. The van der Waals surface area contributed by atoms with Gasteiger partial charge in [-0.05, 0) is 0 Å². The van der Waals surface area contributed by atoms with Gasteiger partial charge in [0.05, 0.1) is 12.7 Å². The molecule has 2 rings (SSSR count). The van der Waals surface area contributed by atoms with E-state index >= 15 is 0 Å². The molecule has 0 bridgehead atoms. The Morgan fingerprint density at radius 3 is 2.94 bits per heavy atom. The minimum atomic E-state index is -3.19. The Bertz CT molecular complexity index is 542. The van der Waals surface area contributed by atoms with Crippen LogP contribution in [0.15, 0.2) is 18.6 Å². The fourth-order valence-electron chi connectivity index (χ4n) is 1.44. The Labute approximate surface area is 102 Å². The van der Waals surface area contributed by atoms with Gasteiger partial charge in [-0.2, -0.15) is 0 Å². The number of imidazole rings is 1. The third-order valence-corrected chi connectivity index (χ3v) is 2.38. The van der Waals surface area contributed by atoms with Crippen molar-refractivity contribution in [3.05, 3.63) is 18.6 Å². The Balaban J connectivity index is 2.28. The Morgan fingerprint density at radius 2 is 2.28 bits per heavy atom. The number of halogens is 2. The van der Waals surface area contributed by atoms with Crippen LogP contribution in [-0.2, 0) is 0 Å². The van der Waals surface area contributed by atoms with Gasteiger partial charge in [-0.1, -0.05) is 0 Å². The van der Waals surface area contributed by atoms with Gasteiger partial charge in [-0.25, -0.2) is 18.7 Å². The molecule has 2 aromatic rings. The summed E-state index contributed by atoms with van der Waals surface area (Å²) >= 11 is 0. The number of fused-ring (bicyclic) bond motifs is 1. The van der Waals surface area contributed by atoms with Crippen LogP contribution in [0, 0.1) is 0 Å². The first kappa shape index (κ1) is 12.5. The molecule has 0 saturated carbocycles. The van der Waals surface area contributed by atoms with Crippen molar-refractivity contribution < 1.29 is 13.9 Å². The summed E-state index contributed by atoms with van der Waals surface area (Å²) in [7, 11) is 1.68. The topological polar surface area (TPSA) is 74.5 Å². The molecule has 0 radical (unpaired) electrons. The number of anilines is 2. The monoisotopic (exact) mass is 257 g/mol. The van der Waals surface area contributed by atoms with Crippen LogP contribution in [0.5, 0.6) is 0 Å². The van der Waals surface area contributed by atoms with Gasteiger partial charge >= 0.3 is 0 Å². The second-order valence-electron chi connectivity index (χ2n) is 3.75. The number of hydrogen-bond donors (Lipinski definition) is 3. The summed E-state index contributed by atoms with van der Waals surface area (Å²) in [5, 5.41) is 13.8. The summed E-state index contributed by atoms with van der Waals surface area (Å²) in [6.07, 6.45) is 4.93. The van der Waals surface area contributed by atoms with Gasteiger partial charge in [0.25, 0.3) is 5.92 Å². The number of aliphatic hydroxyl groups is 1. The molecule has 0 atom stereocenters. The summed E-state index contributed by atoms with van der Waals surface area (Å²) in [4.78, 5) is 8.13. The van der Waals surface area contributed by atoms with E-state index in [2.05, 4.69) is 20.6 Å². The first-order chi connectivity index (χ1) is 8.55. The van der Waals surface area contributed by atoms with E-state index in [-0.39, 0.29) is 5.82 Å². The van der Waals surface area contributed by atoms with Crippen molar-refractivity contribution in [2.24, 2.45) is 0 Å². The average molecular weight is 257 g/mol. The fraction of sp³-hybridized carbons (Fsp3) is 0.400. The zero-order chi connectivity index (χ0) is 13.2. The Kier molecular flexibility index (Phi) is 3.28. The van der Waals surface area contributed by atoms with Crippen molar-refractivity contribution >= 4 is 17.3 Å². The standard InChI is InChI=1S/C10H13F2N5O/c1-13-7-4-17-3-2-14-9(17)8(16-7)15-5-10(11,12)6-18/h2-4,13,18H,5-6H2,1H3,(H,15,16). The number of aliphatic hydroxyl groups excluding tert-OH is 1. The summed E-state index contributed by atoms with van der Waals surface area (Å²) in [6, 6.07) is 0. The second-order valence-corrected chi connectivity index (χ2v) is 3.75. The van der Waals surface area contributed by atoms with E-state index in [0.717, 1.165) is 0 Å². The van der Waals surface area contributed by atoms with Crippen molar-refractivity contribution in [3.8, 4) is 0 Å². The third kappa shape index (κ3) is 2.48. The van der Waals surface area contributed by atoms with Crippen LogP contribution in [0.1, 0.15) is 0 Å². The van der Waals surface area contributed by atoms with Crippen LogP contribution in [0.3, 0.4) is 0 Å². The molecule has 8 heteroatoms. The van der Waals surface area contributed by atoms with E-state index in [1.807, 2.05) is 0 Å². The molecule has 0 unspecified atom stereocenters. The van der Waals surface area contributed by atoms with Crippen LogP contribution in [0.2, 0.25) is 0 Å². The SMILES string of the molecule is CNc1cn2ccnc2c(NCC(F)(F)CO)n1. The lowest BCUT2D eigenvalue weighted by Gasteiger charge is -2.15. The minimum Gasteiger partial charge on any atom is -0.390 e. The highest BCUT2D eigenvalue weighted by Crippen LogP contribution is 2.18.